The third-order valence-corrected chi connectivity index (χ3v) is 6.09. The third kappa shape index (κ3) is 3.42. The Morgan fingerprint density at radius 2 is 2.10 bits per heavy atom. The van der Waals surface area contributed by atoms with Crippen LogP contribution in [0.1, 0.15) is 37.8 Å². The number of para-hydroxylation sites is 1. The van der Waals surface area contributed by atoms with Crippen LogP contribution in [0.4, 0.5) is 0 Å². The standard InChI is InChI=1S/C23H24N4O4/c1-23(2)22(29)24-9-10-26(23)14-21(28)27-17(19-8-5-11-30-19)13-16(25-27)20-12-15-6-3-4-7-18(15)31-20/h3-8,11-12,17H,9-10,13-14H2,1-2H3,(H,24,29). The lowest BCUT2D eigenvalue weighted by atomic mass is 9.99. The number of fused-ring (bicyclic) bond motifs is 1. The van der Waals surface area contributed by atoms with E-state index in [2.05, 4.69) is 10.4 Å². The van der Waals surface area contributed by atoms with E-state index in [4.69, 9.17) is 8.83 Å². The molecule has 0 saturated carbocycles. The Bertz CT molecular complexity index is 1130. The van der Waals surface area contributed by atoms with E-state index in [1.54, 1.807) is 12.3 Å². The molecular formula is C23H24N4O4. The summed E-state index contributed by atoms with van der Waals surface area (Å²) in [5.74, 6) is 1.04. The summed E-state index contributed by atoms with van der Waals surface area (Å²) < 4.78 is 11.6. The number of carbonyl (C=O) groups is 2. The number of carbonyl (C=O) groups excluding carboxylic acids is 2. The molecule has 0 bridgehead atoms. The molecule has 1 atom stereocenters. The average molecular weight is 420 g/mol. The summed E-state index contributed by atoms with van der Waals surface area (Å²) in [4.78, 5) is 27.5. The Kier molecular flexibility index (Phi) is 4.66. The fraction of sp³-hybridized carbons (Fsp3) is 0.348. The lowest BCUT2D eigenvalue weighted by Crippen LogP contribution is -2.63. The van der Waals surface area contributed by atoms with Crippen LogP contribution in [-0.2, 0) is 9.59 Å². The van der Waals surface area contributed by atoms with Crippen LogP contribution in [0.25, 0.3) is 11.0 Å². The minimum Gasteiger partial charge on any atom is -0.467 e. The van der Waals surface area contributed by atoms with Crippen molar-refractivity contribution in [2.45, 2.75) is 31.8 Å². The van der Waals surface area contributed by atoms with Gasteiger partial charge in [-0.05, 0) is 38.1 Å². The highest BCUT2D eigenvalue weighted by molar-refractivity contribution is 6.03. The number of rotatable bonds is 4. The second kappa shape index (κ2) is 7.39. The number of piperazine rings is 1. The van der Waals surface area contributed by atoms with Crippen LogP contribution in [0.15, 0.2) is 62.7 Å². The summed E-state index contributed by atoms with van der Waals surface area (Å²) in [7, 11) is 0. The normalized spacial score (nSPS) is 21.4. The summed E-state index contributed by atoms with van der Waals surface area (Å²) in [5, 5.41) is 9.96. The molecule has 2 aromatic heterocycles. The van der Waals surface area contributed by atoms with E-state index in [1.807, 2.05) is 55.1 Å². The Balaban J connectivity index is 1.44. The maximum Gasteiger partial charge on any atom is 0.257 e. The molecule has 5 rings (SSSR count). The van der Waals surface area contributed by atoms with E-state index in [0.717, 1.165) is 11.0 Å². The molecule has 1 saturated heterocycles. The second-order valence-electron chi connectivity index (χ2n) is 8.41. The number of furan rings is 2. The van der Waals surface area contributed by atoms with Crippen molar-refractivity contribution >= 4 is 28.5 Å². The van der Waals surface area contributed by atoms with Crippen molar-refractivity contribution in [3.05, 3.63) is 60.2 Å². The SMILES string of the molecule is CC1(C)C(=O)NCCN1CC(=O)N1N=C(c2cc3ccccc3o2)CC1c1ccco1. The molecule has 31 heavy (non-hydrogen) atoms. The van der Waals surface area contributed by atoms with Gasteiger partial charge < -0.3 is 14.2 Å². The Hall–Kier alpha value is -3.39. The molecule has 1 unspecified atom stereocenters. The van der Waals surface area contributed by atoms with Gasteiger partial charge in [0.25, 0.3) is 5.91 Å². The summed E-state index contributed by atoms with van der Waals surface area (Å²) in [6.45, 7) is 4.86. The highest BCUT2D eigenvalue weighted by Crippen LogP contribution is 2.34. The molecule has 1 aromatic carbocycles. The highest BCUT2D eigenvalue weighted by atomic mass is 16.3. The van der Waals surface area contributed by atoms with Crippen molar-refractivity contribution in [1.29, 1.82) is 0 Å². The van der Waals surface area contributed by atoms with Gasteiger partial charge in [-0.2, -0.15) is 5.10 Å². The molecule has 2 aliphatic rings. The Morgan fingerprint density at radius 3 is 2.87 bits per heavy atom. The van der Waals surface area contributed by atoms with E-state index in [-0.39, 0.29) is 24.4 Å². The van der Waals surface area contributed by atoms with Gasteiger partial charge in [-0.3, -0.25) is 14.5 Å². The Labute approximate surface area is 179 Å². The van der Waals surface area contributed by atoms with Gasteiger partial charge in [0.05, 0.1) is 18.3 Å². The first-order valence-corrected chi connectivity index (χ1v) is 10.4. The molecule has 2 amide bonds. The van der Waals surface area contributed by atoms with Crippen LogP contribution >= 0.6 is 0 Å². The van der Waals surface area contributed by atoms with E-state index in [9.17, 15) is 9.59 Å². The molecule has 160 valence electrons. The fourth-order valence-corrected chi connectivity index (χ4v) is 4.17. The molecule has 8 heteroatoms. The Morgan fingerprint density at radius 1 is 1.26 bits per heavy atom. The van der Waals surface area contributed by atoms with Gasteiger partial charge in [0.1, 0.15) is 23.1 Å². The molecule has 3 aromatic rings. The number of hydrogen-bond acceptors (Lipinski definition) is 6. The molecule has 0 radical (unpaired) electrons. The van der Waals surface area contributed by atoms with Crippen LogP contribution in [0.3, 0.4) is 0 Å². The molecule has 0 spiro atoms. The predicted molar refractivity (Wildman–Crippen MR) is 114 cm³/mol. The van der Waals surface area contributed by atoms with Gasteiger partial charge in [-0.25, -0.2) is 5.01 Å². The summed E-state index contributed by atoms with van der Waals surface area (Å²) in [6.07, 6.45) is 2.08. The minimum absolute atomic E-state index is 0.0815. The third-order valence-electron chi connectivity index (χ3n) is 6.09. The van der Waals surface area contributed by atoms with Crippen molar-refractivity contribution in [2.24, 2.45) is 5.10 Å². The van der Waals surface area contributed by atoms with E-state index in [1.165, 1.54) is 5.01 Å². The van der Waals surface area contributed by atoms with Gasteiger partial charge in [0.15, 0.2) is 5.76 Å². The quantitative estimate of drug-likeness (QED) is 0.701. The summed E-state index contributed by atoms with van der Waals surface area (Å²) in [5.41, 5.74) is 0.709. The monoisotopic (exact) mass is 420 g/mol. The number of nitrogens with zero attached hydrogens (tertiary/aromatic N) is 3. The first-order chi connectivity index (χ1) is 14.9. The molecule has 0 aliphatic carbocycles. The summed E-state index contributed by atoms with van der Waals surface area (Å²) >= 11 is 0. The molecule has 8 nitrogen and oxygen atoms in total. The van der Waals surface area contributed by atoms with Crippen LogP contribution in [0.5, 0.6) is 0 Å². The van der Waals surface area contributed by atoms with Gasteiger partial charge in [0.2, 0.25) is 5.91 Å². The minimum atomic E-state index is -0.765. The zero-order valence-corrected chi connectivity index (χ0v) is 17.5. The number of nitrogens with one attached hydrogen (secondary N) is 1. The van der Waals surface area contributed by atoms with Gasteiger partial charge in [-0.15, -0.1) is 0 Å². The zero-order chi connectivity index (χ0) is 21.6. The lowest BCUT2D eigenvalue weighted by Gasteiger charge is -2.41. The second-order valence-corrected chi connectivity index (χ2v) is 8.41. The van der Waals surface area contributed by atoms with Crippen molar-refractivity contribution in [3.8, 4) is 0 Å². The highest BCUT2D eigenvalue weighted by Gasteiger charge is 2.41. The van der Waals surface area contributed by atoms with E-state index < -0.39 is 5.54 Å². The maximum atomic E-state index is 13.3. The molecule has 2 aliphatic heterocycles. The maximum absolute atomic E-state index is 13.3. The van der Waals surface area contributed by atoms with Gasteiger partial charge >= 0.3 is 0 Å². The van der Waals surface area contributed by atoms with Crippen molar-refractivity contribution in [2.75, 3.05) is 19.6 Å². The van der Waals surface area contributed by atoms with Crippen LogP contribution in [-0.4, -0.2) is 52.6 Å². The van der Waals surface area contributed by atoms with Crippen molar-refractivity contribution in [1.82, 2.24) is 15.2 Å². The molecule has 1 fully saturated rings. The van der Waals surface area contributed by atoms with Gasteiger partial charge in [-0.1, -0.05) is 18.2 Å². The number of amides is 2. The molecular weight excluding hydrogens is 396 g/mol. The average Bonchev–Trinajstić information content (AvgIpc) is 3.50. The lowest BCUT2D eigenvalue weighted by molar-refractivity contribution is -0.142. The first kappa shape index (κ1) is 19.6. The predicted octanol–water partition coefficient (Wildman–Crippen LogP) is 2.91. The van der Waals surface area contributed by atoms with Gasteiger partial charge in [0, 0.05) is 24.9 Å². The topological polar surface area (TPSA) is 91.3 Å². The smallest absolute Gasteiger partial charge is 0.257 e. The van der Waals surface area contributed by atoms with Crippen LogP contribution in [0, 0.1) is 0 Å². The number of benzene rings is 1. The zero-order valence-electron chi connectivity index (χ0n) is 17.5. The van der Waals surface area contributed by atoms with Crippen molar-refractivity contribution in [3.63, 3.8) is 0 Å². The van der Waals surface area contributed by atoms with E-state index in [0.29, 0.717) is 36.7 Å². The fourth-order valence-electron chi connectivity index (χ4n) is 4.17. The van der Waals surface area contributed by atoms with Crippen molar-refractivity contribution < 1.29 is 18.4 Å². The number of hydrazone groups is 1. The van der Waals surface area contributed by atoms with Crippen LogP contribution in [0.2, 0.25) is 0 Å². The summed E-state index contributed by atoms with van der Waals surface area (Å²) in [6, 6.07) is 13.0. The van der Waals surface area contributed by atoms with E-state index >= 15 is 0 Å². The molecule has 1 N–H and O–H groups in total. The van der Waals surface area contributed by atoms with Crippen LogP contribution < -0.4 is 5.32 Å². The number of hydrogen-bond donors (Lipinski definition) is 1. The first-order valence-electron chi connectivity index (χ1n) is 10.4. The molecule has 4 heterocycles. The largest absolute Gasteiger partial charge is 0.467 e.